The van der Waals surface area contributed by atoms with Crippen LogP contribution >= 0.6 is 12.4 Å². The summed E-state index contributed by atoms with van der Waals surface area (Å²) in [5.41, 5.74) is 0. The second-order valence-corrected chi connectivity index (χ2v) is 3.53. The maximum absolute atomic E-state index is 12.7. The van der Waals surface area contributed by atoms with Crippen LogP contribution in [0.4, 0.5) is 17.6 Å². The molecule has 0 aromatic rings. The summed E-state index contributed by atoms with van der Waals surface area (Å²) in [7, 11) is 0. The Morgan fingerprint density at radius 1 is 1.50 bits per heavy atom. The minimum Gasteiger partial charge on any atom is -0.334 e. The second kappa shape index (κ2) is 5.67. The van der Waals surface area contributed by atoms with Gasteiger partial charge in [-0.3, -0.25) is 4.79 Å². The van der Waals surface area contributed by atoms with Gasteiger partial charge >= 0.3 is 12.3 Å². The van der Waals surface area contributed by atoms with E-state index in [1.807, 2.05) is 0 Å². The molecule has 0 radical (unpaired) electrons. The number of piperazine rings is 1. The molecule has 1 heterocycles. The van der Waals surface area contributed by atoms with Crippen molar-refractivity contribution in [2.75, 3.05) is 19.6 Å². The van der Waals surface area contributed by atoms with Gasteiger partial charge in [0.05, 0.1) is 0 Å². The van der Waals surface area contributed by atoms with Gasteiger partial charge in [0.1, 0.15) is 0 Å². The van der Waals surface area contributed by atoms with E-state index in [0.717, 1.165) is 4.90 Å². The van der Waals surface area contributed by atoms with E-state index in [4.69, 9.17) is 0 Å². The molecular weight excluding hydrogens is 252 g/mol. The van der Waals surface area contributed by atoms with Crippen LogP contribution < -0.4 is 5.32 Å². The zero-order valence-corrected chi connectivity index (χ0v) is 9.37. The van der Waals surface area contributed by atoms with E-state index in [9.17, 15) is 22.4 Å². The number of hydrogen-bond acceptors (Lipinski definition) is 2. The average molecular weight is 265 g/mol. The van der Waals surface area contributed by atoms with Crippen LogP contribution in [0, 0.1) is 0 Å². The van der Waals surface area contributed by atoms with Crippen molar-refractivity contribution in [3.63, 3.8) is 0 Å². The number of nitrogens with zero attached hydrogens (tertiary/aromatic N) is 1. The summed E-state index contributed by atoms with van der Waals surface area (Å²) in [5.74, 6) is -6.36. The third-order valence-electron chi connectivity index (χ3n) is 2.22. The molecule has 1 aliphatic rings. The molecule has 0 aromatic heterocycles. The Labute approximate surface area is 96.6 Å². The van der Waals surface area contributed by atoms with E-state index in [1.54, 1.807) is 6.92 Å². The third-order valence-corrected chi connectivity index (χ3v) is 2.22. The van der Waals surface area contributed by atoms with Crippen LogP contribution in [0.15, 0.2) is 0 Å². The van der Waals surface area contributed by atoms with Crippen molar-refractivity contribution in [1.29, 1.82) is 0 Å². The van der Waals surface area contributed by atoms with Gasteiger partial charge in [-0.05, 0) is 6.92 Å². The zero-order chi connectivity index (χ0) is 11.6. The molecule has 1 rings (SSSR count). The molecule has 0 spiro atoms. The average Bonchev–Trinajstić information content (AvgIpc) is 2.16. The Morgan fingerprint density at radius 3 is 2.50 bits per heavy atom. The minimum absolute atomic E-state index is 0. The molecule has 8 heteroatoms. The highest BCUT2D eigenvalue weighted by molar-refractivity contribution is 5.85. The van der Waals surface area contributed by atoms with Crippen molar-refractivity contribution in [3.8, 4) is 0 Å². The highest BCUT2D eigenvalue weighted by Crippen LogP contribution is 2.25. The van der Waals surface area contributed by atoms with Gasteiger partial charge in [-0.1, -0.05) is 0 Å². The fraction of sp³-hybridized carbons (Fsp3) is 0.875. The standard InChI is InChI=1S/C8H12F4N2O.ClH/c1-5-4-14(3-2-13-5)7(15)8(11,12)6(9)10;/h5-6,13H,2-4H2,1H3;1H/t5-;/m0./s1. The largest absolute Gasteiger partial charge is 0.383 e. The molecule has 1 atom stereocenters. The summed E-state index contributed by atoms with van der Waals surface area (Å²) in [6, 6.07) is -0.156. The molecule has 16 heavy (non-hydrogen) atoms. The molecule has 0 unspecified atom stereocenters. The van der Waals surface area contributed by atoms with Crippen LogP contribution in [-0.2, 0) is 4.79 Å². The van der Waals surface area contributed by atoms with Crippen molar-refractivity contribution in [1.82, 2.24) is 10.2 Å². The number of rotatable bonds is 2. The second-order valence-electron chi connectivity index (χ2n) is 3.53. The lowest BCUT2D eigenvalue weighted by Gasteiger charge is -2.33. The molecule has 1 saturated heterocycles. The van der Waals surface area contributed by atoms with E-state index >= 15 is 0 Å². The van der Waals surface area contributed by atoms with Crippen molar-refractivity contribution in [2.45, 2.75) is 25.3 Å². The molecular formula is C8H13ClF4N2O. The van der Waals surface area contributed by atoms with Crippen LogP contribution in [-0.4, -0.2) is 48.8 Å². The van der Waals surface area contributed by atoms with Crippen molar-refractivity contribution in [3.05, 3.63) is 0 Å². The Morgan fingerprint density at radius 2 is 2.06 bits per heavy atom. The summed E-state index contributed by atoms with van der Waals surface area (Å²) in [6.07, 6.45) is -3.95. The van der Waals surface area contributed by atoms with Crippen LogP contribution in [0.5, 0.6) is 0 Å². The molecule has 1 fully saturated rings. The number of carbonyl (C=O) groups excluding carboxylic acids is 1. The smallest absolute Gasteiger partial charge is 0.334 e. The molecule has 0 aromatic carbocycles. The van der Waals surface area contributed by atoms with Crippen LogP contribution in [0.3, 0.4) is 0 Å². The maximum Gasteiger partial charge on any atom is 0.383 e. The summed E-state index contributed by atoms with van der Waals surface area (Å²) >= 11 is 0. The number of halogens is 5. The van der Waals surface area contributed by atoms with Gasteiger partial charge in [0.2, 0.25) is 0 Å². The quantitative estimate of drug-likeness (QED) is 0.759. The van der Waals surface area contributed by atoms with Gasteiger partial charge in [0.15, 0.2) is 0 Å². The Bertz CT molecular complexity index is 252. The van der Waals surface area contributed by atoms with Gasteiger partial charge in [-0.25, -0.2) is 8.78 Å². The summed E-state index contributed by atoms with van der Waals surface area (Å²) < 4.78 is 49.2. The van der Waals surface area contributed by atoms with E-state index < -0.39 is 18.3 Å². The topological polar surface area (TPSA) is 32.3 Å². The predicted octanol–water partition coefficient (Wildman–Crippen LogP) is 1.13. The third kappa shape index (κ3) is 3.21. The summed E-state index contributed by atoms with van der Waals surface area (Å²) in [6.45, 7) is 2.10. The monoisotopic (exact) mass is 264 g/mol. The number of hydrogen-bond donors (Lipinski definition) is 1. The molecule has 1 amide bonds. The lowest BCUT2D eigenvalue weighted by molar-refractivity contribution is -0.181. The first kappa shape index (κ1) is 15.4. The number of amides is 1. The molecule has 1 N–H and O–H groups in total. The predicted molar refractivity (Wildman–Crippen MR) is 52.2 cm³/mol. The lowest BCUT2D eigenvalue weighted by atomic mass is 10.2. The highest BCUT2D eigenvalue weighted by atomic mass is 35.5. The summed E-state index contributed by atoms with van der Waals surface area (Å²) in [4.78, 5) is 11.8. The first-order chi connectivity index (χ1) is 6.85. The van der Waals surface area contributed by atoms with Gasteiger partial charge in [0.25, 0.3) is 5.91 Å². The van der Waals surface area contributed by atoms with Gasteiger partial charge in [-0.2, -0.15) is 8.78 Å². The van der Waals surface area contributed by atoms with E-state index in [-0.39, 0.29) is 31.5 Å². The van der Waals surface area contributed by atoms with E-state index in [1.165, 1.54) is 0 Å². The Kier molecular flexibility index (Phi) is 5.48. The summed E-state index contributed by atoms with van der Waals surface area (Å²) in [5, 5.41) is 2.92. The molecule has 96 valence electrons. The van der Waals surface area contributed by atoms with Crippen LogP contribution in [0.2, 0.25) is 0 Å². The normalized spacial score (nSPS) is 21.9. The van der Waals surface area contributed by atoms with Gasteiger partial charge in [0, 0.05) is 25.7 Å². The highest BCUT2D eigenvalue weighted by Gasteiger charge is 2.51. The van der Waals surface area contributed by atoms with Gasteiger partial charge in [-0.15, -0.1) is 12.4 Å². The zero-order valence-electron chi connectivity index (χ0n) is 8.55. The molecule has 0 saturated carbocycles. The SMILES string of the molecule is C[C@H]1CN(C(=O)C(F)(F)C(F)F)CCN1.Cl. The maximum atomic E-state index is 12.7. The number of carbonyl (C=O) groups is 1. The van der Waals surface area contributed by atoms with Crippen LogP contribution in [0.1, 0.15) is 6.92 Å². The van der Waals surface area contributed by atoms with Crippen molar-refractivity contribution in [2.24, 2.45) is 0 Å². The van der Waals surface area contributed by atoms with Crippen LogP contribution in [0.25, 0.3) is 0 Å². The fourth-order valence-electron chi connectivity index (χ4n) is 1.42. The first-order valence-corrected chi connectivity index (χ1v) is 4.54. The molecule has 1 aliphatic heterocycles. The molecule has 0 aliphatic carbocycles. The van der Waals surface area contributed by atoms with Crippen molar-refractivity contribution < 1.29 is 22.4 Å². The molecule has 3 nitrogen and oxygen atoms in total. The number of alkyl halides is 4. The minimum atomic E-state index is -4.57. The van der Waals surface area contributed by atoms with Gasteiger partial charge < -0.3 is 10.2 Å². The fourth-order valence-corrected chi connectivity index (χ4v) is 1.42. The first-order valence-electron chi connectivity index (χ1n) is 4.54. The molecule has 0 bridgehead atoms. The Hall–Kier alpha value is -0.560. The van der Waals surface area contributed by atoms with E-state index in [0.29, 0.717) is 6.54 Å². The van der Waals surface area contributed by atoms with E-state index in [2.05, 4.69) is 5.32 Å². The van der Waals surface area contributed by atoms with Crippen molar-refractivity contribution >= 4 is 18.3 Å². The number of nitrogens with one attached hydrogen (secondary N) is 1. The lowest BCUT2D eigenvalue weighted by Crippen LogP contribution is -2.56. The Balaban J connectivity index is 0.00000225.